The van der Waals surface area contributed by atoms with Crippen molar-refractivity contribution < 1.29 is 18.7 Å². The Labute approximate surface area is 157 Å². The second-order valence-electron chi connectivity index (χ2n) is 7.23. The van der Waals surface area contributed by atoms with E-state index in [9.17, 15) is 14.0 Å². The van der Waals surface area contributed by atoms with Gasteiger partial charge in [0.25, 0.3) is 0 Å². The van der Waals surface area contributed by atoms with Gasteiger partial charge in [0.1, 0.15) is 5.82 Å². The van der Waals surface area contributed by atoms with Crippen LogP contribution in [0, 0.1) is 11.2 Å². The van der Waals surface area contributed by atoms with Gasteiger partial charge in [0.05, 0.1) is 18.2 Å². The van der Waals surface area contributed by atoms with E-state index >= 15 is 0 Å². The van der Waals surface area contributed by atoms with Gasteiger partial charge in [-0.25, -0.2) is 4.39 Å². The summed E-state index contributed by atoms with van der Waals surface area (Å²) >= 11 is 5.76. The first-order valence-corrected chi connectivity index (χ1v) is 9.46. The minimum atomic E-state index is -0.520. The van der Waals surface area contributed by atoms with Crippen molar-refractivity contribution in [3.63, 3.8) is 0 Å². The summed E-state index contributed by atoms with van der Waals surface area (Å²) < 4.78 is 18.5. The molecule has 0 aromatic heterocycles. The Morgan fingerprint density at radius 2 is 1.88 bits per heavy atom. The van der Waals surface area contributed by atoms with Crippen molar-refractivity contribution >= 4 is 29.1 Å². The van der Waals surface area contributed by atoms with Crippen molar-refractivity contribution in [2.24, 2.45) is 5.41 Å². The summed E-state index contributed by atoms with van der Waals surface area (Å²) in [6.45, 7) is 2.39. The first kappa shape index (κ1) is 19.1. The SMILES string of the molecule is O=C(CC1(CC(=O)N2CCOCC2)CCCC1)Nc1ccc(F)c(Cl)c1. The fourth-order valence-electron chi connectivity index (χ4n) is 3.91. The van der Waals surface area contributed by atoms with Gasteiger partial charge in [-0.1, -0.05) is 24.4 Å². The topological polar surface area (TPSA) is 58.6 Å². The van der Waals surface area contributed by atoms with Gasteiger partial charge in [-0.05, 0) is 36.5 Å². The van der Waals surface area contributed by atoms with E-state index in [1.807, 2.05) is 4.90 Å². The number of hydrogen-bond acceptors (Lipinski definition) is 3. The molecule has 7 heteroatoms. The van der Waals surface area contributed by atoms with Crippen LogP contribution in [-0.4, -0.2) is 43.0 Å². The van der Waals surface area contributed by atoms with Crippen LogP contribution in [0.3, 0.4) is 0 Å². The number of amides is 2. The third kappa shape index (κ3) is 4.74. The fourth-order valence-corrected chi connectivity index (χ4v) is 4.09. The molecule has 0 bridgehead atoms. The minimum absolute atomic E-state index is 0.0270. The van der Waals surface area contributed by atoms with Gasteiger partial charge in [0.15, 0.2) is 0 Å². The van der Waals surface area contributed by atoms with Crippen molar-refractivity contribution in [1.29, 1.82) is 0 Å². The monoisotopic (exact) mass is 382 g/mol. The predicted molar refractivity (Wildman–Crippen MR) is 97.6 cm³/mol. The van der Waals surface area contributed by atoms with Crippen molar-refractivity contribution in [3.05, 3.63) is 29.0 Å². The van der Waals surface area contributed by atoms with Crippen molar-refractivity contribution in [2.75, 3.05) is 31.6 Å². The van der Waals surface area contributed by atoms with Gasteiger partial charge in [0, 0.05) is 31.6 Å². The van der Waals surface area contributed by atoms with Gasteiger partial charge in [-0.15, -0.1) is 0 Å². The molecule has 2 amide bonds. The number of anilines is 1. The Hall–Kier alpha value is -1.66. The van der Waals surface area contributed by atoms with Gasteiger partial charge < -0.3 is 15.0 Å². The summed E-state index contributed by atoms with van der Waals surface area (Å²) in [7, 11) is 0. The fraction of sp³-hybridized carbons (Fsp3) is 0.579. The molecule has 1 aromatic rings. The van der Waals surface area contributed by atoms with Crippen LogP contribution in [0.25, 0.3) is 0 Å². The number of carbonyl (C=O) groups is 2. The summed E-state index contributed by atoms with van der Waals surface area (Å²) in [6.07, 6.45) is 4.50. The van der Waals surface area contributed by atoms with Gasteiger partial charge >= 0.3 is 0 Å². The number of rotatable bonds is 5. The molecule has 0 atom stereocenters. The van der Waals surface area contributed by atoms with E-state index < -0.39 is 5.82 Å². The Morgan fingerprint density at radius 3 is 2.54 bits per heavy atom. The number of hydrogen-bond donors (Lipinski definition) is 1. The van der Waals surface area contributed by atoms with Gasteiger partial charge in [0.2, 0.25) is 11.8 Å². The van der Waals surface area contributed by atoms with Crippen molar-refractivity contribution in [2.45, 2.75) is 38.5 Å². The van der Waals surface area contributed by atoms with Crippen molar-refractivity contribution in [1.82, 2.24) is 4.90 Å². The molecule has 5 nitrogen and oxygen atoms in total. The van der Waals surface area contributed by atoms with E-state index in [1.54, 1.807) is 0 Å². The van der Waals surface area contributed by atoms with Crippen molar-refractivity contribution in [3.8, 4) is 0 Å². The lowest BCUT2D eigenvalue weighted by Gasteiger charge is -2.33. The molecule has 2 fully saturated rings. The lowest BCUT2D eigenvalue weighted by Crippen LogP contribution is -2.43. The molecule has 1 aromatic carbocycles. The maximum Gasteiger partial charge on any atom is 0.224 e. The van der Waals surface area contributed by atoms with Gasteiger partial charge in [-0.2, -0.15) is 0 Å². The van der Waals surface area contributed by atoms with Crippen LogP contribution in [0.1, 0.15) is 38.5 Å². The van der Waals surface area contributed by atoms with Crippen LogP contribution in [-0.2, 0) is 14.3 Å². The lowest BCUT2D eigenvalue weighted by molar-refractivity contribution is -0.138. The molecule has 0 spiro atoms. The van der Waals surface area contributed by atoms with E-state index in [-0.39, 0.29) is 28.7 Å². The first-order chi connectivity index (χ1) is 12.5. The highest BCUT2D eigenvalue weighted by atomic mass is 35.5. The Balaban J connectivity index is 1.62. The summed E-state index contributed by atoms with van der Waals surface area (Å²) in [6, 6.07) is 4.11. The molecule has 1 N–H and O–H groups in total. The molecule has 1 saturated carbocycles. The zero-order valence-corrected chi connectivity index (χ0v) is 15.5. The van der Waals surface area contributed by atoms with Crippen LogP contribution in [0.2, 0.25) is 5.02 Å². The number of ether oxygens (including phenoxy) is 1. The van der Waals surface area contributed by atoms with E-state index in [4.69, 9.17) is 16.3 Å². The highest BCUT2D eigenvalue weighted by Gasteiger charge is 2.39. The maximum atomic E-state index is 13.2. The zero-order valence-electron chi connectivity index (χ0n) is 14.7. The van der Waals surface area contributed by atoms with Crippen LogP contribution in [0.15, 0.2) is 18.2 Å². The second kappa shape index (κ2) is 8.35. The molecule has 26 heavy (non-hydrogen) atoms. The minimum Gasteiger partial charge on any atom is -0.378 e. The molecular weight excluding hydrogens is 359 g/mol. The molecule has 1 saturated heterocycles. The number of benzene rings is 1. The van der Waals surface area contributed by atoms with E-state index in [1.165, 1.54) is 18.2 Å². The predicted octanol–water partition coefficient (Wildman–Crippen LogP) is 3.62. The number of nitrogens with zero attached hydrogens (tertiary/aromatic N) is 1. The van der Waals surface area contributed by atoms with Crippen LogP contribution < -0.4 is 5.32 Å². The van der Waals surface area contributed by atoms with Crippen LogP contribution in [0.5, 0.6) is 0 Å². The highest BCUT2D eigenvalue weighted by Crippen LogP contribution is 2.44. The molecule has 3 rings (SSSR count). The summed E-state index contributed by atoms with van der Waals surface area (Å²) in [5, 5.41) is 2.75. The number of carbonyl (C=O) groups excluding carboxylic acids is 2. The van der Waals surface area contributed by atoms with E-state index in [0.717, 1.165) is 25.7 Å². The number of nitrogens with one attached hydrogen (secondary N) is 1. The average Bonchev–Trinajstić information content (AvgIpc) is 3.06. The maximum absolute atomic E-state index is 13.2. The zero-order chi connectivity index (χ0) is 18.6. The first-order valence-electron chi connectivity index (χ1n) is 9.08. The summed E-state index contributed by atoms with van der Waals surface area (Å²) in [5.41, 5.74) is 0.178. The molecule has 0 radical (unpaired) electrons. The van der Waals surface area contributed by atoms with Crippen LogP contribution in [0.4, 0.5) is 10.1 Å². The standard InChI is InChI=1S/C19H24ClFN2O3/c20-15-11-14(3-4-16(15)21)22-17(24)12-19(5-1-2-6-19)13-18(25)23-7-9-26-10-8-23/h3-4,11H,1-2,5-10,12-13H2,(H,22,24). The third-order valence-corrected chi connectivity index (χ3v) is 5.58. The molecule has 1 aliphatic carbocycles. The normalized spacial score (nSPS) is 19.4. The molecule has 2 aliphatic rings. The van der Waals surface area contributed by atoms with E-state index in [2.05, 4.69) is 5.32 Å². The summed E-state index contributed by atoms with van der Waals surface area (Å²) in [4.78, 5) is 27.0. The molecule has 142 valence electrons. The Kier molecular flexibility index (Phi) is 6.14. The third-order valence-electron chi connectivity index (χ3n) is 5.29. The smallest absolute Gasteiger partial charge is 0.224 e. The molecule has 1 aliphatic heterocycles. The second-order valence-corrected chi connectivity index (χ2v) is 7.64. The number of morpholine rings is 1. The molecular formula is C19H24ClFN2O3. The highest BCUT2D eigenvalue weighted by molar-refractivity contribution is 6.31. The van der Waals surface area contributed by atoms with Gasteiger partial charge in [-0.3, -0.25) is 9.59 Å². The van der Waals surface area contributed by atoms with E-state index in [0.29, 0.717) is 38.4 Å². The summed E-state index contributed by atoms with van der Waals surface area (Å²) in [5.74, 6) is -0.579. The molecule has 0 unspecified atom stereocenters. The largest absolute Gasteiger partial charge is 0.378 e. The quantitative estimate of drug-likeness (QED) is 0.846. The lowest BCUT2D eigenvalue weighted by atomic mass is 9.78. The van der Waals surface area contributed by atoms with Crippen LogP contribution >= 0.6 is 11.6 Å². The average molecular weight is 383 g/mol. The number of halogens is 2. The molecule has 1 heterocycles. The Bertz CT molecular complexity index is 671. The Morgan fingerprint density at radius 1 is 1.19 bits per heavy atom.